The van der Waals surface area contributed by atoms with Gasteiger partial charge in [0.05, 0.1) is 11.1 Å². The molecule has 2 aromatic rings. The van der Waals surface area contributed by atoms with Crippen LogP contribution in [0.3, 0.4) is 0 Å². The Kier molecular flexibility index (Phi) is 3.87. The van der Waals surface area contributed by atoms with Crippen LogP contribution in [0.15, 0.2) is 23.2 Å². The number of nitriles is 1. The molecule has 23 heavy (non-hydrogen) atoms. The van der Waals surface area contributed by atoms with Gasteiger partial charge in [-0.2, -0.15) is 5.26 Å². The third-order valence-electron chi connectivity index (χ3n) is 5.74. The van der Waals surface area contributed by atoms with E-state index in [1.165, 1.54) is 27.1 Å². The van der Waals surface area contributed by atoms with Crippen LogP contribution in [0.2, 0.25) is 0 Å². The number of nitrogens with zero attached hydrogens (tertiary/aromatic N) is 2. The van der Waals surface area contributed by atoms with Crippen molar-refractivity contribution < 1.29 is 0 Å². The molecule has 1 aromatic heterocycles. The van der Waals surface area contributed by atoms with Crippen molar-refractivity contribution in [1.82, 2.24) is 9.88 Å². The van der Waals surface area contributed by atoms with E-state index in [9.17, 15) is 0 Å². The number of nitrogens with one attached hydrogen (secondary N) is 1. The summed E-state index contributed by atoms with van der Waals surface area (Å²) < 4.78 is 0. The highest BCUT2D eigenvalue weighted by Gasteiger charge is 2.40. The molecule has 1 fully saturated rings. The fraction of sp³-hybridized carbons (Fsp3) is 0.526. The summed E-state index contributed by atoms with van der Waals surface area (Å²) in [4.78, 5) is 6.24. The standard InChI is InChI=1S/C19H23N3S/c1-3-22-11-12(7-8-20)9-14-13-5-4-6-16-18(13)15(10-17(14)22)19(21-16)23-2/h4-6,12,14,17,21H,3,7,9-11H2,1-2H3/t12-,14?,17-/m1/s1. The number of likely N-dealkylation sites (tertiary alicyclic amines) is 1. The van der Waals surface area contributed by atoms with Gasteiger partial charge in [0.1, 0.15) is 0 Å². The van der Waals surface area contributed by atoms with E-state index in [0.717, 1.165) is 25.9 Å². The summed E-state index contributed by atoms with van der Waals surface area (Å²) in [6.45, 7) is 4.41. The van der Waals surface area contributed by atoms with Crippen LogP contribution in [0.25, 0.3) is 10.9 Å². The quantitative estimate of drug-likeness (QED) is 0.862. The van der Waals surface area contributed by atoms with E-state index in [4.69, 9.17) is 5.26 Å². The van der Waals surface area contributed by atoms with Gasteiger partial charge in [0.25, 0.3) is 0 Å². The highest BCUT2D eigenvalue weighted by Crippen LogP contribution is 2.47. The average Bonchev–Trinajstić information content (AvgIpc) is 2.94. The van der Waals surface area contributed by atoms with Gasteiger partial charge < -0.3 is 4.98 Å². The maximum absolute atomic E-state index is 9.14. The fourth-order valence-corrected chi connectivity index (χ4v) is 5.41. The molecule has 1 saturated heterocycles. The molecule has 0 radical (unpaired) electrons. The second kappa shape index (κ2) is 5.89. The van der Waals surface area contributed by atoms with E-state index in [0.29, 0.717) is 24.3 Å². The molecule has 4 heteroatoms. The number of H-pyrrole nitrogens is 1. The molecular formula is C19H23N3S. The van der Waals surface area contributed by atoms with Crippen molar-refractivity contribution in [2.75, 3.05) is 19.3 Å². The molecule has 1 N–H and O–H groups in total. The van der Waals surface area contributed by atoms with Crippen LogP contribution in [0.5, 0.6) is 0 Å². The van der Waals surface area contributed by atoms with Gasteiger partial charge in [-0.3, -0.25) is 4.90 Å². The van der Waals surface area contributed by atoms with Crippen molar-refractivity contribution in [3.05, 3.63) is 29.3 Å². The number of aromatic nitrogens is 1. The first-order valence-corrected chi connectivity index (χ1v) is 9.77. The van der Waals surface area contributed by atoms with E-state index >= 15 is 0 Å². The minimum Gasteiger partial charge on any atom is -0.349 e. The number of piperidine rings is 1. The number of aromatic amines is 1. The summed E-state index contributed by atoms with van der Waals surface area (Å²) in [7, 11) is 0. The molecule has 0 saturated carbocycles. The number of thioether (sulfide) groups is 1. The number of hydrogen-bond acceptors (Lipinski definition) is 3. The van der Waals surface area contributed by atoms with Crippen LogP contribution in [-0.2, 0) is 6.42 Å². The summed E-state index contributed by atoms with van der Waals surface area (Å²) in [6.07, 6.45) is 5.15. The molecule has 1 aromatic carbocycles. The highest BCUT2D eigenvalue weighted by atomic mass is 32.2. The van der Waals surface area contributed by atoms with E-state index < -0.39 is 0 Å². The predicted octanol–water partition coefficient (Wildman–Crippen LogP) is 4.15. The van der Waals surface area contributed by atoms with E-state index in [1.54, 1.807) is 0 Å². The zero-order chi connectivity index (χ0) is 16.0. The van der Waals surface area contributed by atoms with Gasteiger partial charge >= 0.3 is 0 Å². The molecule has 2 heterocycles. The normalized spacial score (nSPS) is 26.9. The molecular weight excluding hydrogens is 302 g/mol. The molecule has 3 atom stereocenters. The summed E-state index contributed by atoms with van der Waals surface area (Å²) in [5, 5.41) is 11.9. The molecule has 3 nitrogen and oxygen atoms in total. The van der Waals surface area contributed by atoms with Gasteiger partial charge in [0.2, 0.25) is 0 Å². The molecule has 0 bridgehead atoms. The van der Waals surface area contributed by atoms with Crippen molar-refractivity contribution in [2.24, 2.45) is 5.92 Å². The maximum atomic E-state index is 9.14. The Morgan fingerprint density at radius 3 is 3.04 bits per heavy atom. The van der Waals surface area contributed by atoms with Crippen LogP contribution in [0.4, 0.5) is 0 Å². The lowest BCUT2D eigenvalue weighted by molar-refractivity contribution is 0.0913. The van der Waals surface area contributed by atoms with E-state index in [2.05, 4.69) is 47.3 Å². The highest BCUT2D eigenvalue weighted by molar-refractivity contribution is 7.98. The van der Waals surface area contributed by atoms with Crippen molar-refractivity contribution >= 4 is 22.7 Å². The van der Waals surface area contributed by atoms with E-state index in [1.807, 2.05) is 11.8 Å². The van der Waals surface area contributed by atoms with E-state index in [-0.39, 0.29) is 0 Å². The lowest BCUT2D eigenvalue weighted by Crippen LogP contribution is -2.49. The summed E-state index contributed by atoms with van der Waals surface area (Å²) in [5.41, 5.74) is 4.30. The Balaban J connectivity index is 1.84. The minimum atomic E-state index is 0.511. The molecule has 1 aliphatic carbocycles. The first kappa shape index (κ1) is 15.1. The monoisotopic (exact) mass is 325 g/mol. The number of benzene rings is 1. The summed E-state index contributed by atoms with van der Waals surface area (Å²) in [5.74, 6) is 1.08. The van der Waals surface area contributed by atoms with Crippen molar-refractivity contribution in [2.45, 2.75) is 43.2 Å². The Bertz CT molecular complexity index is 773. The first-order chi connectivity index (χ1) is 11.3. The smallest absolute Gasteiger partial charge is 0.0763 e. The maximum Gasteiger partial charge on any atom is 0.0763 e. The molecule has 120 valence electrons. The molecule has 4 rings (SSSR count). The SMILES string of the molecule is CCN1C[C@H](CC#N)CC2c3cccc4[nH]c(SC)c(c34)C[C@H]21. The zero-order valence-corrected chi connectivity index (χ0v) is 14.6. The van der Waals surface area contributed by atoms with Crippen LogP contribution >= 0.6 is 11.8 Å². The molecule has 1 aliphatic heterocycles. The summed E-state index contributed by atoms with van der Waals surface area (Å²) >= 11 is 1.83. The molecule has 1 unspecified atom stereocenters. The first-order valence-electron chi connectivity index (χ1n) is 8.55. The van der Waals surface area contributed by atoms with Crippen LogP contribution in [-0.4, -0.2) is 35.3 Å². The van der Waals surface area contributed by atoms with Gasteiger partial charge in [-0.25, -0.2) is 0 Å². The van der Waals surface area contributed by atoms with Crippen LogP contribution in [0, 0.1) is 17.2 Å². The lowest BCUT2D eigenvalue weighted by Gasteiger charge is -2.46. The van der Waals surface area contributed by atoms with Gasteiger partial charge in [0.15, 0.2) is 0 Å². The zero-order valence-electron chi connectivity index (χ0n) is 13.8. The van der Waals surface area contributed by atoms with Crippen molar-refractivity contribution in [3.63, 3.8) is 0 Å². The molecule has 2 aliphatic rings. The molecule has 0 spiro atoms. The molecule has 0 amide bonds. The minimum absolute atomic E-state index is 0.511. The number of rotatable bonds is 3. The van der Waals surface area contributed by atoms with Gasteiger partial charge in [-0.05, 0) is 48.8 Å². The Labute approximate surface area is 142 Å². The van der Waals surface area contributed by atoms with Crippen LogP contribution in [0.1, 0.15) is 36.8 Å². The fourth-order valence-electron chi connectivity index (χ4n) is 4.77. The Morgan fingerprint density at radius 2 is 2.30 bits per heavy atom. The lowest BCUT2D eigenvalue weighted by atomic mass is 9.72. The van der Waals surface area contributed by atoms with Crippen molar-refractivity contribution in [3.8, 4) is 6.07 Å². The number of likely N-dealkylation sites (N-methyl/N-ethyl adjacent to an activating group) is 1. The largest absolute Gasteiger partial charge is 0.349 e. The second-order valence-corrected chi connectivity index (χ2v) is 7.65. The number of fused-ring (bicyclic) bond motifs is 2. The van der Waals surface area contributed by atoms with Crippen LogP contribution < -0.4 is 0 Å². The number of hydrogen-bond donors (Lipinski definition) is 1. The second-order valence-electron chi connectivity index (χ2n) is 6.84. The Hall–Kier alpha value is -1.44. The topological polar surface area (TPSA) is 42.8 Å². The van der Waals surface area contributed by atoms with Gasteiger partial charge in [-0.1, -0.05) is 19.1 Å². The van der Waals surface area contributed by atoms with Crippen molar-refractivity contribution in [1.29, 1.82) is 5.26 Å². The average molecular weight is 325 g/mol. The summed E-state index contributed by atoms with van der Waals surface area (Å²) in [6, 6.07) is 9.71. The predicted molar refractivity (Wildman–Crippen MR) is 95.9 cm³/mol. The third-order valence-corrected chi connectivity index (χ3v) is 6.49. The van der Waals surface area contributed by atoms with Gasteiger partial charge in [-0.15, -0.1) is 11.8 Å². The van der Waals surface area contributed by atoms with Gasteiger partial charge in [0, 0.05) is 35.8 Å². The Morgan fingerprint density at radius 1 is 1.43 bits per heavy atom. The third kappa shape index (κ3) is 2.29.